The molecule has 0 aliphatic carbocycles. The van der Waals surface area contributed by atoms with Gasteiger partial charge < -0.3 is 4.90 Å². The number of aryl methyl sites for hydroxylation is 1. The van der Waals surface area contributed by atoms with Crippen LogP contribution in [0.15, 0.2) is 29.1 Å². The predicted octanol–water partition coefficient (Wildman–Crippen LogP) is 1.93. The first-order chi connectivity index (χ1) is 10.2. The van der Waals surface area contributed by atoms with Gasteiger partial charge in [-0.2, -0.15) is 5.10 Å². The first-order valence-corrected chi connectivity index (χ1v) is 7.65. The number of hydrogen-bond acceptors (Lipinski definition) is 3. The molecular weight excluding hydrogens is 264 g/mol. The number of likely N-dealkylation sites (tertiary alicyclic amines) is 1. The van der Waals surface area contributed by atoms with Crippen LogP contribution in [-0.4, -0.2) is 39.8 Å². The summed E-state index contributed by atoms with van der Waals surface area (Å²) < 4.78 is 1.77. The van der Waals surface area contributed by atoms with Crippen molar-refractivity contribution in [2.75, 3.05) is 20.1 Å². The molecule has 0 amide bonds. The average Bonchev–Trinajstić information content (AvgIpc) is 2.89. The lowest BCUT2D eigenvalue weighted by Crippen LogP contribution is -2.31. The number of aromatic nitrogens is 3. The van der Waals surface area contributed by atoms with Crippen LogP contribution in [0.4, 0.5) is 0 Å². The van der Waals surface area contributed by atoms with Gasteiger partial charge >= 0.3 is 5.69 Å². The maximum Gasteiger partial charge on any atom is 0.347 e. The summed E-state index contributed by atoms with van der Waals surface area (Å²) in [6, 6.07) is 8.08. The van der Waals surface area contributed by atoms with Crippen LogP contribution in [0, 0.1) is 0 Å². The zero-order valence-electron chi connectivity index (χ0n) is 12.7. The summed E-state index contributed by atoms with van der Waals surface area (Å²) in [5.74, 6) is 1.24. The second-order valence-electron chi connectivity index (χ2n) is 5.78. The quantitative estimate of drug-likeness (QED) is 0.938. The van der Waals surface area contributed by atoms with Crippen LogP contribution in [-0.2, 0) is 6.42 Å². The number of nitrogens with one attached hydrogen (secondary N) is 1. The molecule has 1 N–H and O–H groups in total. The van der Waals surface area contributed by atoms with Crippen molar-refractivity contribution < 1.29 is 0 Å². The van der Waals surface area contributed by atoms with Gasteiger partial charge in [-0.3, -0.25) is 0 Å². The summed E-state index contributed by atoms with van der Waals surface area (Å²) in [7, 11) is 2.14. The maximum absolute atomic E-state index is 12.3. The first kappa shape index (κ1) is 14.1. The summed E-state index contributed by atoms with van der Waals surface area (Å²) in [6.07, 6.45) is 3.00. The molecule has 5 nitrogen and oxygen atoms in total. The molecular formula is C16H22N4O. The number of hydrogen-bond donors (Lipinski definition) is 1. The van der Waals surface area contributed by atoms with Crippen molar-refractivity contribution in [2.45, 2.75) is 32.1 Å². The van der Waals surface area contributed by atoms with Crippen molar-refractivity contribution in [2.24, 2.45) is 0 Å². The molecule has 2 heterocycles. The minimum atomic E-state index is -0.134. The number of piperidine rings is 1. The van der Waals surface area contributed by atoms with E-state index in [0.717, 1.165) is 43.9 Å². The Morgan fingerprint density at radius 1 is 1.29 bits per heavy atom. The molecule has 1 saturated heterocycles. The molecule has 0 unspecified atom stereocenters. The van der Waals surface area contributed by atoms with Gasteiger partial charge in [0.05, 0.1) is 5.69 Å². The van der Waals surface area contributed by atoms with Crippen LogP contribution < -0.4 is 5.69 Å². The molecule has 112 valence electrons. The van der Waals surface area contributed by atoms with E-state index in [0.29, 0.717) is 5.92 Å². The van der Waals surface area contributed by atoms with Crippen molar-refractivity contribution in [1.29, 1.82) is 0 Å². The highest BCUT2D eigenvalue weighted by Crippen LogP contribution is 2.27. The zero-order chi connectivity index (χ0) is 14.8. The molecule has 0 atom stereocenters. The van der Waals surface area contributed by atoms with Gasteiger partial charge in [0, 0.05) is 5.92 Å². The molecule has 0 bridgehead atoms. The first-order valence-electron chi connectivity index (χ1n) is 7.65. The molecule has 2 aromatic rings. The lowest BCUT2D eigenvalue weighted by molar-refractivity contribution is 0.250. The van der Waals surface area contributed by atoms with E-state index in [2.05, 4.69) is 35.1 Å². The van der Waals surface area contributed by atoms with Crippen LogP contribution in [0.5, 0.6) is 0 Å². The highest BCUT2D eigenvalue weighted by molar-refractivity contribution is 5.42. The maximum atomic E-state index is 12.3. The summed E-state index contributed by atoms with van der Waals surface area (Å²) >= 11 is 0. The summed E-state index contributed by atoms with van der Waals surface area (Å²) in [6.45, 7) is 4.22. The number of H-pyrrole nitrogens is 1. The molecule has 5 heteroatoms. The normalized spacial score (nSPS) is 17.2. The molecule has 1 aliphatic rings. The molecule has 1 aromatic heterocycles. The number of nitrogens with zero attached hydrogens (tertiary/aromatic N) is 3. The largest absolute Gasteiger partial charge is 0.347 e. The SMILES string of the molecule is CCc1ccccc1-n1c(C2CCN(C)CC2)n[nH]c1=O. The summed E-state index contributed by atoms with van der Waals surface area (Å²) in [5.41, 5.74) is 2.01. The van der Waals surface area contributed by atoms with E-state index in [4.69, 9.17) is 0 Å². The third kappa shape index (κ3) is 2.65. The lowest BCUT2D eigenvalue weighted by atomic mass is 9.96. The van der Waals surface area contributed by atoms with E-state index in [9.17, 15) is 4.79 Å². The number of para-hydroxylation sites is 1. The summed E-state index contributed by atoms with van der Waals surface area (Å²) in [4.78, 5) is 14.6. The van der Waals surface area contributed by atoms with Crippen LogP contribution in [0.1, 0.15) is 37.1 Å². The second kappa shape index (κ2) is 5.85. The van der Waals surface area contributed by atoms with Crippen LogP contribution in [0.25, 0.3) is 5.69 Å². The van der Waals surface area contributed by atoms with Crippen molar-refractivity contribution in [1.82, 2.24) is 19.7 Å². The molecule has 0 radical (unpaired) electrons. The summed E-state index contributed by atoms with van der Waals surface area (Å²) in [5, 5.41) is 6.96. The van der Waals surface area contributed by atoms with Crippen molar-refractivity contribution >= 4 is 0 Å². The molecule has 1 aromatic carbocycles. The smallest absolute Gasteiger partial charge is 0.306 e. The molecule has 21 heavy (non-hydrogen) atoms. The average molecular weight is 286 g/mol. The third-order valence-corrected chi connectivity index (χ3v) is 4.40. The van der Waals surface area contributed by atoms with Gasteiger partial charge in [0.25, 0.3) is 0 Å². The fourth-order valence-corrected chi connectivity index (χ4v) is 3.11. The fourth-order valence-electron chi connectivity index (χ4n) is 3.11. The highest BCUT2D eigenvalue weighted by Gasteiger charge is 2.25. The van der Waals surface area contributed by atoms with Crippen molar-refractivity contribution in [3.05, 3.63) is 46.1 Å². The van der Waals surface area contributed by atoms with Gasteiger partial charge in [0.2, 0.25) is 0 Å². The Kier molecular flexibility index (Phi) is 3.92. The van der Waals surface area contributed by atoms with Crippen molar-refractivity contribution in [3.63, 3.8) is 0 Å². The van der Waals surface area contributed by atoms with E-state index in [1.165, 1.54) is 5.56 Å². The molecule has 0 spiro atoms. The molecule has 3 rings (SSSR count). The Morgan fingerprint density at radius 2 is 2.00 bits per heavy atom. The minimum Gasteiger partial charge on any atom is -0.306 e. The fraction of sp³-hybridized carbons (Fsp3) is 0.500. The van der Waals surface area contributed by atoms with E-state index in [1.807, 2.05) is 18.2 Å². The lowest BCUT2D eigenvalue weighted by Gasteiger charge is -2.28. The molecule has 1 fully saturated rings. The van der Waals surface area contributed by atoms with Crippen LogP contribution in [0.2, 0.25) is 0 Å². The van der Waals surface area contributed by atoms with E-state index < -0.39 is 0 Å². The Balaban J connectivity index is 2.03. The Labute approximate surface area is 124 Å². The topological polar surface area (TPSA) is 53.9 Å². The Morgan fingerprint density at radius 3 is 2.71 bits per heavy atom. The third-order valence-electron chi connectivity index (χ3n) is 4.40. The highest BCUT2D eigenvalue weighted by atomic mass is 16.1. The van der Waals surface area contributed by atoms with E-state index in [-0.39, 0.29) is 5.69 Å². The van der Waals surface area contributed by atoms with Gasteiger partial charge in [0.1, 0.15) is 5.82 Å². The van der Waals surface area contributed by atoms with Gasteiger partial charge in [-0.25, -0.2) is 14.5 Å². The minimum absolute atomic E-state index is 0.134. The van der Waals surface area contributed by atoms with E-state index >= 15 is 0 Å². The predicted molar refractivity (Wildman–Crippen MR) is 83.0 cm³/mol. The Bertz CT molecular complexity index is 665. The number of benzene rings is 1. The Hall–Kier alpha value is -1.88. The molecule has 0 saturated carbocycles. The van der Waals surface area contributed by atoms with Crippen LogP contribution >= 0.6 is 0 Å². The number of rotatable bonds is 3. The van der Waals surface area contributed by atoms with Gasteiger partial charge in [-0.15, -0.1) is 0 Å². The van der Waals surface area contributed by atoms with E-state index in [1.54, 1.807) is 4.57 Å². The zero-order valence-corrected chi connectivity index (χ0v) is 12.7. The van der Waals surface area contributed by atoms with Gasteiger partial charge in [-0.1, -0.05) is 25.1 Å². The van der Waals surface area contributed by atoms with Gasteiger partial charge in [0.15, 0.2) is 0 Å². The standard InChI is InChI=1S/C16H22N4O/c1-3-12-6-4-5-7-14(12)20-15(17-18-16(20)21)13-8-10-19(2)11-9-13/h4-7,13H,3,8-11H2,1-2H3,(H,18,21). The number of aromatic amines is 1. The monoisotopic (exact) mass is 286 g/mol. The van der Waals surface area contributed by atoms with Gasteiger partial charge in [-0.05, 0) is 51.0 Å². The molecule has 1 aliphatic heterocycles. The van der Waals surface area contributed by atoms with Crippen molar-refractivity contribution in [3.8, 4) is 5.69 Å². The second-order valence-corrected chi connectivity index (χ2v) is 5.78. The van der Waals surface area contributed by atoms with Crippen LogP contribution in [0.3, 0.4) is 0 Å².